The Morgan fingerprint density at radius 2 is 1.93 bits per heavy atom. The number of aliphatic hydroxyl groups excluding tert-OH is 1. The lowest BCUT2D eigenvalue weighted by Crippen LogP contribution is -2.40. The van der Waals surface area contributed by atoms with Crippen LogP contribution in [0, 0.1) is 0 Å². The average Bonchev–Trinajstić information content (AvgIpc) is 3.11. The zero-order valence-electron chi connectivity index (χ0n) is 15.7. The molecule has 0 aliphatic carbocycles. The van der Waals surface area contributed by atoms with E-state index in [1.807, 2.05) is 37.3 Å². The molecule has 0 aliphatic rings. The van der Waals surface area contributed by atoms with Crippen LogP contribution in [0.3, 0.4) is 0 Å². The monoisotopic (exact) mass is 536 g/mol. The highest BCUT2D eigenvalue weighted by Crippen LogP contribution is 2.26. The third-order valence-electron chi connectivity index (χ3n) is 3.69. The van der Waals surface area contributed by atoms with Crippen molar-refractivity contribution in [3.05, 3.63) is 57.2 Å². The second kappa shape index (κ2) is 13.8. The first-order valence-corrected chi connectivity index (χ1v) is 10.0. The molecular formula is C19H26ClIN4O2S. The Hall–Kier alpha value is -1.36. The van der Waals surface area contributed by atoms with Crippen molar-refractivity contribution in [1.29, 1.82) is 0 Å². The van der Waals surface area contributed by atoms with E-state index in [1.54, 1.807) is 12.1 Å². The number of carbonyl (C=O) groups is 1. The van der Waals surface area contributed by atoms with Crippen molar-refractivity contribution in [1.82, 2.24) is 16.0 Å². The number of guanidine groups is 1. The van der Waals surface area contributed by atoms with Crippen molar-refractivity contribution in [2.75, 3.05) is 26.2 Å². The molecule has 1 atom stereocenters. The lowest BCUT2D eigenvalue weighted by atomic mass is 10.1. The minimum Gasteiger partial charge on any atom is -0.386 e. The summed E-state index contributed by atoms with van der Waals surface area (Å²) >= 11 is 7.23. The fraction of sp³-hybridized carbons (Fsp3) is 0.368. The average molecular weight is 537 g/mol. The summed E-state index contributed by atoms with van der Waals surface area (Å²) < 4.78 is 0.636. The smallest absolute Gasteiger partial charge is 0.241 e. The molecule has 6 nitrogen and oxygen atoms in total. The normalized spacial score (nSPS) is 12.0. The van der Waals surface area contributed by atoms with Gasteiger partial charge in [-0.05, 0) is 31.0 Å². The van der Waals surface area contributed by atoms with E-state index in [-0.39, 0.29) is 43.0 Å². The van der Waals surface area contributed by atoms with Crippen molar-refractivity contribution >= 4 is 58.8 Å². The fourth-order valence-corrected chi connectivity index (χ4v) is 3.39. The van der Waals surface area contributed by atoms with Gasteiger partial charge in [0.25, 0.3) is 0 Å². The highest BCUT2D eigenvalue weighted by atomic mass is 127. The van der Waals surface area contributed by atoms with E-state index < -0.39 is 6.10 Å². The maximum atomic E-state index is 12.0. The molecule has 0 fully saturated rings. The SMILES string of the molecule is CCNC(=NCC(=O)NCCc1ccccc1)NCC(O)c1ccc(Cl)s1.I. The summed E-state index contributed by atoms with van der Waals surface area (Å²) in [4.78, 5) is 17.0. The quantitative estimate of drug-likeness (QED) is 0.226. The van der Waals surface area contributed by atoms with Gasteiger partial charge in [-0.15, -0.1) is 35.3 Å². The van der Waals surface area contributed by atoms with Crippen molar-refractivity contribution in [2.45, 2.75) is 19.4 Å². The summed E-state index contributed by atoms with van der Waals surface area (Å²) in [6.07, 6.45) is 0.0931. The van der Waals surface area contributed by atoms with Crippen molar-refractivity contribution in [3.8, 4) is 0 Å². The molecule has 0 radical (unpaired) electrons. The Morgan fingerprint density at radius 3 is 2.57 bits per heavy atom. The molecular weight excluding hydrogens is 511 g/mol. The molecule has 154 valence electrons. The van der Waals surface area contributed by atoms with Gasteiger partial charge in [-0.3, -0.25) is 4.79 Å². The molecule has 0 saturated carbocycles. The molecule has 4 N–H and O–H groups in total. The van der Waals surface area contributed by atoms with E-state index in [4.69, 9.17) is 11.6 Å². The Labute approximate surface area is 191 Å². The Balaban J connectivity index is 0.00000392. The van der Waals surface area contributed by atoms with Gasteiger partial charge in [0.2, 0.25) is 5.91 Å². The second-order valence-corrected chi connectivity index (χ2v) is 7.57. The molecule has 0 aliphatic heterocycles. The van der Waals surface area contributed by atoms with E-state index in [0.717, 1.165) is 11.3 Å². The number of halogens is 2. The zero-order valence-corrected chi connectivity index (χ0v) is 19.6. The lowest BCUT2D eigenvalue weighted by molar-refractivity contribution is -0.119. The van der Waals surface area contributed by atoms with Crippen molar-refractivity contribution < 1.29 is 9.90 Å². The van der Waals surface area contributed by atoms with Gasteiger partial charge in [0, 0.05) is 24.5 Å². The van der Waals surface area contributed by atoms with Crippen LogP contribution in [0.2, 0.25) is 4.34 Å². The van der Waals surface area contributed by atoms with Gasteiger partial charge >= 0.3 is 0 Å². The zero-order chi connectivity index (χ0) is 19.5. The molecule has 1 aromatic carbocycles. The summed E-state index contributed by atoms with van der Waals surface area (Å²) in [5, 5.41) is 19.1. The minimum absolute atomic E-state index is 0. The maximum absolute atomic E-state index is 12.0. The van der Waals surface area contributed by atoms with Gasteiger partial charge in [0.15, 0.2) is 5.96 Å². The molecule has 0 spiro atoms. The van der Waals surface area contributed by atoms with Crippen LogP contribution in [0.25, 0.3) is 0 Å². The predicted octanol–water partition coefficient (Wildman–Crippen LogP) is 2.97. The van der Waals surface area contributed by atoms with E-state index in [1.165, 1.54) is 16.9 Å². The van der Waals surface area contributed by atoms with Gasteiger partial charge in [0.1, 0.15) is 12.6 Å². The van der Waals surface area contributed by atoms with Crippen molar-refractivity contribution in [2.24, 2.45) is 4.99 Å². The van der Waals surface area contributed by atoms with E-state index in [0.29, 0.717) is 23.4 Å². The van der Waals surface area contributed by atoms with E-state index >= 15 is 0 Å². The maximum Gasteiger partial charge on any atom is 0.241 e. The number of aliphatic imine (C=N–C) groups is 1. The van der Waals surface area contributed by atoms with Crippen LogP contribution in [-0.4, -0.2) is 43.2 Å². The van der Waals surface area contributed by atoms with Gasteiger partial charge < -0.3 is 21.1 Å². The number of nitrogens with zero attached hydrogens (tertiary/aromatic N) is 1. The lowest BCUT2D eigenvalue weighted by Gasteiger charge is -2.14. The number of hydrogen-bond donors (Lipinski definition) is 4. The molecule has 2 rings (SSSR count). The van der Waals surface area contributed by atoms with Gasteiger partial charge in [-0.1, -0.05) is 41.9 Å². The van der Waals surface area contributed by atoms with Crippen LogP contribution >= 0.6 is 46.9 Å². The van der Waals surface area contributed by atoms with Gasteiger partial charge in [-0.2, -0.15) is 0 Å². The van der Waals surface area contributed by atoms with Crippen LogP contribution in [0.5, 0.6) is 0 Å². The number of nitrogens with one attached hydrogen (secondary N) is 3. The van der Waals surface area contributed by atoms with E-state index in [2.05, 4.69) is 20.9 Å². The number of aliphatic hydroxyl groups is 1. The van der Waals surface area contributed by atoms with Gasteiger partial charge in [0.05, 0.1) is 4.34 Å². The third kappa shape index (κ3) is 9.22. The fourth-order valence-electron chi connectivity index (χ4n) is 2.34. The summed E-state index contributed by atoms with van der Waals surface area (Å²) in [5.74, 6) is 0.339. The number of hydrogen-bond acceptors (Lipinski definition) is 4. The molecule has 28 heavy (non-hydrogen) atoms. The summed E-state index contributed by atoms with van der Waals surface area (Å²) in [5.41, 5.74) is 1.18. The first-order chi connectivity index (χ1) is 13.1. The van der Waals surface area contributed by atoms with Crippen LogP contribution in [0.1, 0.15) is 23.5 Å². The molecule has 1 aromatic heterocycles. The van der Waals surface area contributed by atoms with Crippen molar-refractivity contribution in [3.63, 3.8) is 0 Å². The minimum atomic E-state index is -0.689. The molecule has 9 heteroatoms. The highest BCUT2D eigenvalue weighted by Gasteiger charge is 2.11. The summed E-state index contributed by atoms with van der Waals surface area (Å²) in [6.45, 7) is 3.46. The van der Waals surface area contributed by atoms with Crippen LogP contribution in [0.4, 0.5) is 0 Å². The first kappa shape index (κ1) is 24.7. The molecule has 1 heterocycles. The molecule has 1 amide bonds. The topological polar surface area (TPSA) is 85.8 Å². The number of amides is 1. The molecule has 0 bridgehead atoms. The first-order valence-electron chi connectivity index (χ1n) is 8.84. The third-order valence-corrected chi connectivity index (χ3v) is 5.02. The largest absolute Gasteiger partial charge is 0.386 e. The van der Waals surface area contributed by atoms with E-state index in [9.17, 15) is 9.90 Å². The van der Waals surface area contributed by atoms with Crippen LogP contribution in [-0.2, 0) is 11.2 Å². The summed E-state index contributed by atoms with van der Waals surface area (Å²) in [6, 6.07) is 13.5. The molecule has 0 saturated heterocycles. The Kier molecular flexibility index (Phi) is 12.1. The summed E-state index contributed by atoms with van der Waals surface area (Å²) in [7, 11) is 0. The Morgan fingerprint density at radius 1 is 1.18 bits per heavy atom. The highest BCUT2D eigenvalue weighted by molar-refractivity contribution is 14.0. The number of rotatable bonds is 9. The Bertz CT molecular complexity index is 743. The predicted molar refractivity (Wildman–Crippen MR) is 127 cm³/mol. The molecule has 1 unspecified atom stereocenters. The number of thiophene rings is 1. The number of benzene rings is 1. The van der Waals surface area contributed by atoms with Crippen LogP contribution < -0.4 is 16.0 Å². The second-order valence-electron chi connectivity index (χ2n) is 5.82. The molecule has 2 aromatic rings. The number of carbonyl (C=O) groups excluding carboxylic acids is 1. The van der Waals surface area contributed by atoms with Crippen LogP contribution in [0.15, 0.2) is 47.5 Å². The standard InChI is InChI=1S/C19H25ClN4O2S.HI/c1-2-21-19(23-12-15(25)16-8-9-17(20)27-16)24-13-18(26)22-11-10-14-6-4-3-5-7-14;/h3-9,15,25H,2,10-13H2,1H3,(H,22,26)(H2,21,23,24);1H. The van der Waals surface area contributed by atoms with Gasteiger partial charge in [-0.25, -0.2) is 4.99 Å².